The highest BCUT2D eigenvalue weighted by Gasteiger charge is 2.24. The normalized spacial score (nSPS) is 18.0. The van der Waals surface area contributed by atoms with Gasteiger partial charge in [0.15, 0.2) is 0 Å². The van der Waals surface area contributed by atoms with Crippen molar-refractivity contribution < 1.29 is 4.74 Å². The largest absolute Gasteiger partial charge is 0.489 e. The molecular weight excluding hydrogens is 362 g/mol. The third-order valence-electron chi connectivity index (χ3n) is 5.21. The van der Waals surface area contributed by atoms with Crippen molar-refractivity contribution >= 4 is 28.3 Å². The van der Waals surface area contributed by atoms with Crippen LogP contribution in [0.15, 0.2) is 30.6 Å². The molecule has 0 atom stereocenters. The Morgan fingerprint density at radius 3 is 2.67 bits per heavy atom. The Morgan fingerprint density at radius 2 is 1.93 bits per heavy atom. The summed E-state index contributed by atoms with van der Waals surface area (Å²) >= 11 is 6.54. The molecule has 0 radical (unpaired) electrons. The molecule has 7 heteroatoms. The van der Waals surface area contributed by atoms with Crippen molar-refractivity contribution in [1.29, 1.82) is 0 Å². The van der Waals surface area contributed by atoms with Gasteiger partial charge >= 0.3 is 0 Å². The predicted molar refractivity (Wildman–Crippen MR) is 106 cm³/mol. The number of anilines is 1. The van der Waals surface area contributed by atoms with Crippen LogP contribution in [0.4, 0.5) is 5.82 Å². The Balaban J connectivity index is 1.56. The summed E-state index contributed by atoms with van der Waals surface area (Å²) in [6, 6.07) is 6.20. The van der Waals surface area contributed by atoms with Crippen molar-refractivity contribution in [3.8, 4) is 11.7 Å². The van der Waals surface area contributed by atoms with E-state index in [-0.39, 0.29) is 6.10 Å². The van der Waals surface area contributed by atoms with Gasteiger partial charge < -0.3 is 10.1 Å². The van der Waals surface area contributed by atoms with E-state index in [0.29, 0.717) is 17.0 Å². The molecule has 0 amide bonds. The maximum absolute atomic E-state index is 6.54. The lowest BCUT2D eigenvalue weighted by atomic mass is 9.98. The molecule has 5 rings (SSSR count). The molecule has 0 unspecified atom stereocenters. The van der Waals surface area contributed by atoms with E-state index in [4.69, 9.17) is 21.3 Å². The molecule has 6 nitrogen and oxygen atoms in total. The van der Waals surface area contributed by atoms with Crippen molar-refractivity contribution in [2.24, 2.45) is 0 Å². The number of ether oxygens (including phenoxy) is 1. The van der Waals surface area contributed by atoms with E-state index in [2.05, 4.69) is 15.4 Å². The first-order valence-corrected chi connectivity index (χ1v) is 10.1. The molecule has 3 aromatic rings. The van der Waals surface area contributed by atoms with Crippen LogP contribution in [0.2, 0.25) is 5.02 Å². The Bertz CT molecular complexity index is 949. The predicted octanol–water partition coefficient (Wildman–Crippen LogP) is 4.75. The maximum Gasteiger partial charge on any atom is 0.253 e. The number of hydrogen-bond acceptors (Lipinski definition) is 5. The van der Waals surface area contributed by atoms with Gasteiger partial charge in [0, 0.05) is 23.8 Å². The van der Waals surface area contributed by atoms with Crippen molar-refractivity contribution in [1.82, 2.24) is 19.7 Å². The zero-order valence-electron chi connectivity index (χ0n) is 15.1. The van der Waals surface area contributed by atoms with Crippen LogP contribution in [-0.2, 0) is 0 Å². The number of nitrogens with zero attached hydrogens (tertiary/aromatic N) is 4. The molecule has 2 saturated carbocycles. The van der Waals surface area contributed by atoms with Crippen LogP contribution < -0.4 is 10.1 Å². The zero-order chi connectivity index (χ0) is 18.2. The highest BCUT2D eigenvalue weighted by Crippen LogP contribution is 2.36. The topological polar surface area (TPSA) is 64.9 Å². The monoisotopic (exact) mass is 383 g/mol. The van der Waals surface area contributed by atoms with E-state index in [9.17, 15) is 0 Å². The summed E-state index contributed by atoms with van der Waals surface area (Å²) in [4.78, 5) is 9.38. The number of hydrogen-bond donors (Lipinski definition) is 1. The van der Waals surface area contributed by atoms with E-state index in [1.165, 1.54) is 32.1 Å². The molecule has 0 spiro atoms. The average Bonchev–Trinajstić information content (AvgIpc) is 3.32. The number of halogens is 1. The molecule has 2 aliphatic carbocycles. The third kappa shape index (κ3) is 3.58. The second-order valence-electron chi connectivity index (χ2n) is 7.42. The van der Waals surface area contributed by atoms with Crippen LogP contribution in [0.25, 0.3) is 16.9 Å². The SMILES string of the molecule is Clc1cc2nc(-n3cccn3)nc(NC3CC3)c2cc1OC1CCCCC1. The zero-order valence-corrected chi connectivity index (χ0v) is 15.8. The molecule has 2 fully saturated rings. The van der Waals surface area contributed by atoms with Gasteiger partial charge in [-0.2, -0.15) is 10.1 Å². The van der Waals surface area contributed by atoms with Gasteiger partial charge in [-0.15, -0.1) is 0 Å². The van der Waals surface area contributed by atoms with Gasteiger partial charge in [0.25, 0.3) is 5.95 Å². The summed E-state index contributed by atoms with van der Waals surface area (Å²) < 4.78 is 7.90. The summed E-state index contributed by atoms with van der Waals surface area (Å²) in [5.41, 5.74) is 0.791. The van der Waals surface area contributed by atoms with Crippen LogP contribution in [0.3, 0.4) is 0 Å². The number of aromatic nitrogens is 4. The second-order valence-corrected chi connectivity index (χ2v) is 7.83. The molecule has 0 bridgehead atoms. The lowest BCUT2D eigenvalue weighted by molar-refractivity contribution is 0.155. The number of rotatable bonds is 5. The van der Waals surface area contributed by atoms with E-state index < -0.39 is 0 Å². The molecule has 2 aromatic heterocycles. The van der Waals surface area contributed by atoms with Crippen LogP contribution in [0.5, 0.6) is 5.75 Å². The van der Waals surface area contributed by atoms with E-state index in [1.807, 2.05) is 24.4 Å². The summed E-state index contributed by atoms with van der Waals surface area (Å²) in [5, 5.41) is 9.30. The van der Waals surface area contributed by atoms with Crippen LogP contribution in [0.1, 0.15) is 44.9 Å². The minimum atomic E-state index is 0.248. The fraction of sp³-hybridized carbons (Fsp3) is 0.450. The van der Waals surface area contributed by atoms with Gasteiger partial charge in [-0.3, -0.25) is 0 Å². The summed E-state index contributed by atoms with van der Waals surface area (Å²) in [5.74, 6) is 2.08. The van der Waals surface area contributed by atoms with Crippen LogP contribution in [0, 0.1) is 0 Å². The molecule has 0 saturated heterocycles. The van der Waals surface area contributed by atoms with Gasteiger partial charge in [0.05, 0.1) is 16.6 Å². The minimum Gasteiger partial charge on any atom is -0.489 e. The smallest absolute Gasteiger partial charge is 0.253 e. The second kappa shape index (κ2) is 7.00. The molecule has 27 heavy (non-hydrogen) atoms. The molecule has 2 heterocycles. The van der Waals surface area contributed by atoms with Gasteiger partial charge in [-0.25, -0.2) is 9.67 Å². The highest BCUT2D eigenvalue weighted by molar-refractivity contribution is 6.32. The molecule has 1 N–H and O–H groups in total. The first kappa shape index (κ1) is 16.8. The average molecular weight is 384 g/mol. The summed E-state index contributed by atoms with van der Waals surface area (Å²) in [6.07, 6.45) is 12.1. The Hall–Kier alpha value is -2.34. The lowest BCUT2D eigenvalue weighted by Crippen LogP contribution is -2.19. The number of benzene rings is 1. The molecule has 140 valence electrons. The molecular formula is C20H22ClN5O. The highest BCUT2D eigenvalue weighted by atomic mass is 35.5. The molecule has 0 aliphatic heterocycles. The standard InChI is InChI=1S/C20H22ClN5O/c21-16-12-17-15(11-18(16)27-14-5-2-1-3-6-14)19(23-13-7-8-13)25-20(24-17)26-10-4-9-22-26/h4,9-14H,1-3,5-8H2,(H,23,24,25). The number of fused-ring (bicyclic) bond motifs is 1. The fourth-order valence-corrected chi connectivity index (χ4v) is 3.79. The fourth-order valence-electron chi connectivity index (χ4n) is 3.59. The van der Waals surface area contributed by atoms with E-state index >= 15 is 0 Å². The third-order valence-corrected chi connectivity index (χ3v) is 5.51. The first-order chi connectivity index (χ1) is 13.3. The van der Waals surface area contributed by atoms with Crippen molar-refractivity contribution in [3.05, 3.63) is 35.6 Å². The number of nitrogens with one attached hydrogen (secondary N) is 1. The Morgan fingerprint density at radius 1 is 1.07 bits per heavy atom. The van der Waals surface area contributed by atoms with Gasteiger partial charge in [-0.05, 0) is 56.7 Å². The molecule has 1 aromatic carbocycles. The Labute approximate surface area is 162 Å². The van der Waals surface area contributed by atoms with Gasteiger partial charge in [0.2, 0.25) is 0 Å². The van der Waals surface area contributed by atoms with Crippen LogP contribution >= 0.6 is 11.6 Å². The lowest BCUT2D eigenvalue weighted by Gasteiger charge is -2.24. The minimum absolute atomic E-state index is 0.248. The Kier molecular flexibility index (Phi) is 4.36. The van der Waals surface area contributed by atoms with E-state index in [0.717, 1.165) is 35.3 Å². The van der Waals surface area contributed by atoms with E-state index in [1.54, 1.807) is 10.9 Å². The molecule has 2 aliphatic rings. The quantitative estimate of drug-likeness (QED) is 0.688. The van der Waals surface area contributed by atoms with Crippen molar-refractivity contribution in [3.63, 3.8) is 0 Å². The van der Waals surface area contributed by atoms with Gasteiger partial charge in [0.1, 0.15) is 11.6 Å². The summed E-state index contributed by atoms with van der Waals surface area (Å²) in [6.45, 7) is 0. The first-order valence-electron chi connectivity index (χ1n) is 9.71. The van der Waals surface area contributed by atoms with Crippen molar-refractivity contribution in [2.75, 3.05) is 5.32 Å². The summed E-state index contributed by atoms with van der Waals surface area (Å²) in [7, 11) is 0. The van der Waals surface area contributed by atoms with Crippen molar-refractivity contribution in [2.45, 2.75) is 57.1 Å². The maximum atomic E-state index is 6.54. The van der Waals surface area contributed by atoms with Crippen LogP contribution in [-0.4, -0.2) is 31.9 Å². The van der Waals surface area contributed by atoms with Gasteiger partial charge in [-0.1, -0.05) is 18.0 Å².